The van der Waals surface area contributed by atoms with Crippen LogP contribution in [0.1, 0.15) is 128 Å². The van der Waals surface area contributed by atoms with E-state index in [1.54, 1.807) is 20.8 Å². The maximum absolute atomic E-state index is 12.8. The number of benzene rings is 1. The second-order valence-corrected chi connectivity index (χ2v) is 11.8. The first-order valence-corrected chi connectivity index (χ1v) is 14.8. The van der Waals surface area contributed by atoms with Crippen LogP contribution < -0.4 is 4.74 Å². The summed E-state index contributed by atoms with van der Waals surface area (Å²) in [6, 6.07) is 4.25. The molecule has 0 amide bonds. The Bertz CT molecular complexity index is 826. The molecular formula is C28H48O6S. The van der Waals surface area contributed by atoms with E-state index in [1.807, 2.05) is 0 Å². The molecule has 0 atom stereocenters. The summed E-state index contributed by atoms with van der Waals surface area (Å²) in [5.74, 6) is -0.424. The van der Waals surface area contributed by atoms with E-state index in [4.69, 9.17) is 13.7 Å². The van der Waals surface area contributed by atoms with Gasteiger partial charge in [-0.2, -0.15) is 8.42 Å². The summed E-state index contributed by atoms with van der Waals surface area (Å²) in [4.78, 5) is 11.7. The van der Waals surface area contributed by atoms with Gasteiger partial charge >= 0.3 is 16.1 Å². The zero-order valence-electron chi connectivity index (χ0n) is 22.7. The Morgan fingerprint density at radius 2 is 1.29 bits per heavy atom. The van der Waals surface area contributed by atoms with Gasteiger partial charge in [-0.15, -0.1) is 0 Å². The van der Waals surface area contributed by atoms with E-state index in [-0.39, 0.29) is 16.2 Å². The molecular weight excluding hydrogens is 464 g/mol. The molecule has 0 saturated heterocycles. The second kappa shape index (κ2) is 17.0. The van der Waals surface area contributed by atoms with Gasteiger partial charge in [-0.05, 0) is 45.4 Å². The molecule has 202 valence electrons. The molecule has 0 unspecified atom stereocenters. The lowest BCUT2D eigenvalue weighted by atomic mass is 10.0. The molecule has 0 heterocycles. The van der Waals surface area contributed by atoms with Crippen molar-refractivity contribution in [3.63, 3.8) is 0 Å². The number of methoxy groups -OCH3 is 1. The van der Waals surface area contributed by atoms with E-state index >= 15 is 0 Å². The van der Waals surface area contributed by atoms with Crippen molar-refractivity contribution in [1.29, 1.82) is 0 Å². The molecule has 0 spiro atoms. The summed E-state index contributed by atoms with van der Waals surface area (Å²) < 4.78 is 41.5. The average molecular weight is 513 g/mol. The van der Waals surface area contributed by atoms with E-state index in [1.165, 1.54) is 95.9 Å². The van der Waals surface area contributed by atoms with E-state index in [2.05, 4.69) is 6.92 Å². The fourth-order valence-corrected chi connectivity index (χ4v) is 5.31. The van der Waals surface area contributed by atoms with Crippen molar-refractivity contribution < 1.29 is 26.9 Å². The standard InChI is InChI=1S/C28H48O6S/c1-6-7-8-9-10-11-12-13-14-15-16-17-18-19-22-33-25-21-20-24(27(29)32-5)23-26(25)35(30,31)34-28(2,3)4/h20-21,23H,6-19,22H2,1-5H3. The Labute approximate surface area is 214 Å². The highest BCUT2D eigenvalue weighted by molar-refractivity contribution is 7.87. The molecule has 35 heavy (non-hydrogen) atoms. The predicted molar refractivity (Wildman–Crippen MR) is 142 cm³/mol. The van der Waals surface area contributed by atoms with Crippen molar-refractivity contribution in [1.82, 2.24) is 0 Å². The molecule has 6 nitrogen and oxygen atoms in total. The Balaban J connectivity index is 2.38. The smallest absolute Gasteiger partial charge is 0.337 e. The van der Waals surface area contributed by atoms with Crippen LogP contribution in [0.15, 0.2) is 23.1 Å². The van der Waals surface area contributed by atoms with Gasteiger partial charge in [0.2, 0.25) is 0 Å². The fourth-order valence-electron chi connectivity index (χ4n) is 3.92. The number of unbranched alkanes of at least 4 members (excludes halogenated alkanes) is 13. The number of esters is 1. The van der Waals surface area contributed by atoms with Crippen molar-refractivity contribution in [3.8, 4) is 5.75 Å². The summed E-state index contributed by atoms with van der Waals surface area (Å²) in [6.45, 7) is 7.64. The molecule has 7 heteroatoms. The van der Waals surface area contributed by atoms with Gasteiger partial charge in [0.15, 0.2) is 0 Å². The minimum absolute atomic E-state index is 0.132. The highest BCUT2D eigenvalue weighted by Crippen LogP contribution is 2.30. The van der Waals surface area contributed by atoms with Crippen molar-refractivity contribution in [3.05, 3.63) is 23.8 Å². The minimum atomic E-state index is -4.12. The first-order chi connectivity index (χ1) is 16.6. The van der Waals surface area contributed by atoms with Gasteiger partial charge in [-0.3, -0.25) is 4.18 Å². The first-order valence-electron chi connectivity index (χ1n) is 13.4. The predicted octanol–water partition coefficient (Wildman–Crippen LogP) is 7.84. The topological polar surface area (TPSA) is 78.9 Å². The second-order valence-electron chi connectivity index (χ2n) is 10.2. The molecule has 0 aromatic heterocycles. The van der Waals surface area contributed by atoms with Crippen LogP contribution in [-0.4, -0.2) is 33.7 Å². The molecule has 0 saturated carbocycles. The molecule has 0 fully saturated rings. The van der Waals surface area contributed by atoms with Gasteiger partial charge in [0, 0.05) is 0 Å². The third kappa shape index (κ3) is 13.9. The maximum atomic E-state index is 12.8. The van der Waals surface area contributed by atoms with Crippen LogP contribution in [-0.2, 0) is 19.0 Å². The third-order valence-corrected chi connectivity index (χ3v) is 7.33. The van der Waals surface area contributed by atoms with Crippen LogP contribution in [0.5, 0.6) is 5.75 Å². The lowest BCUT2D eigenvalue weighted by Gasteiger charge is -2.20. The van der Waals surface area contributed by atoms with E-state index in [9.17, 15) is 13.2 Å². The molecule has 0 aliphatic rings. The van der Waals surface area contributed by atoms with Crippen molar-refractivity contribution in [2.24, 2.45) is 0 Å². The molecule has 1 aromatic rings. The number of ether oxygens (including phenoxy) is 2. The molecule has 0 aliphatic heterocycles. The number of hydrogen-bond donors (Lipinski definition) is 0. The Hall–Kier alpha value is -1.60. The number of carbonyl (C=O) groups is 1. The van der Waals surface area contributed by atoms with E-state index < -0.39 is 21.7 Å². The van der Waals surface area contributed by atoms with Crippen LogP contribution >= 0.6 is 0 Å². The summed E-state index contributed by atoms with van der Waals surface area (Å²) in [5.41, 5.74) is -0.779. The Morgan fingerprint density at radius 1 is 0.800 bits per heavy atom. The molecule has 0 aliphatic carbocycles. The largest absolute Gasteiger partial charge is 0.492 e. The Kier molecular flexibility index (Phi) is 15.2. The lowest BCUT2D eigenvalue weighted by molar-refractivity contribution is 0.0600. The molecule has 1 rings (SSSR count). The zero-order valence-corrected chi connectivity index (χ0v) is 23.5. The van der Waals surface area contributed by atoms with Crippen molar-refractivity contribution in [2.45, 2.75) is 128 Å². The van der Waals surface area contributed by atoms with Gasteiger partial charge in [0.25, 0.3) is 0 Å². The molecule has 0 bridgehead atoms. The van der Waals surface area contributed by atoms with Gasteiger partial charge in [0.1, 0.15) is 10.6 Å². The van der Waals surface area contributed by atoms with E-state index in [0.29, 0.717) is 6.61 Å². The third-order valence-electron chi connectivity index (χ3n) is 5.75. The zero-order chi connectivity index (χ0) is 26.2. The quantitative estimate of drug-likeness (QED) is 0.107. The minimum Gasteiger partial charge on any atom is -0.492 e. The first kappa shape index (κ1) is 31.4. The number of rotatable bonds is 19. The van der Waals surface area contributed by atoms with Gasteiger partial charge in [-0.25, -0.2) is 4.79 Å². The van der Waals surface area contributed by atoms with Crippen LogP contribution in [0, 0.1) is 0 Å². The summed E-state index contributed by atoms with van der Waals surface area (Å²) in [7, 11) is -2.86. The molecule has 1 aromatic carbocycles. The maximum Gasteiger partial charge on any atom is 0.337 e. The molecule has 0 radical (unpaired) electrons. The SMILES string of the molecule is CCCCCCCCCCCCCCCCOc1ccc(C(=O)OC)cc1S(=O)(=O)OC(C)(C)C. The van der Waals surface area contributed by atoms with Gasteiger partial charge in [-0.1, -0.05) is 90.4 Å². The number of carbonyl (C=O) groups excluding carboxylic acids is 1. The fraction of sp³-hybridized carbons (Fsp3) is 0.750. The van der Waals surface area contributed by atoms with Crippen LogP contribution in [0.25, 0.3) is 0 Å². The molecule has 0 N–H and O–H groups in total. The Morgan fingerprint density at radius 3 is 1.74 bits per heavy atom. The van der Waals surface area contributed by atoms with Crippen LogP contribution in [0.3, 0.4) is 0 Å². The van der Waals surface area contributed by atoms with Crippen molar-refractivity contribution >= 4 is 16.1 Å². The monoisotopic (exact) mass is 512 g/mol. The average Bonchev–Trinajstić information content (AvgIpc) is 2.79. The lowest BCUT2D eigenvalue weighted by Crippen LogP contribution is -2.24. The van der Waals surface area contributed by atoms with Gasteiger partial charge < -0.3 is 9.47 Å². The van der Waals surface area contributed by atoms with Crippen LogP contribution in [0.4, 0.5) is 0 Å². The van der Waals surface area contributed by atoms with Crippen LogP contribution in [0.2, 0.25) is 0 Å². The highest BCUT2D eigenvalue weighted by atomic mass is 32.2. The summed E-state index contributed by atoms with van der Waals surface area (Å²) >= 11 is 0. The summed E-state index contributed by atoms with van der Waals surface area (Å²) in [6.07, 6.45) is 17.8. The summed E-state index contributed by atoms with van der Waals surface area (Å²) in [5, 5.41) is 0. The normalized spacial score (nSPS) is 12.0. The van der Waals surface area contributed by atoms with E-state index in [0.717, 1.165) is 19.3 Å². The van der Waals surface area contributed by atoms with Crippen molar-refractivity contribution in [2.75, 3.05) is 13.7 Å². The van der Waals surface area contributed by atoms with Gasteiger partial charge in [0.05, 0.1) is 24.9 Å². The highest BCUT2D eigenvalue weighted by Gasteiger charge is 2.28. The number of hydrogen-bond acceptors (Lipinski definition) is 6.